The fourth-order valence-corrected chi connectivity index (χ4v) is 5.25. The van der Waals surface area contributed by atoms with E-state index in [9.17, 15) is 17.7 Å². The standard InChI is InChI=1S/C17H14F3OP/c18-17(19,20)15-8-6-13(7-9-15)14-10-11-22(21,12-14)16-4-2-1-3-5-16/h1-11,14H,12H2/t14-,22+/m0/s1. The number of hydrogen-bond donors (Lipinski definition) is 0. The zero-order chi connectivity index (χ0) is 15.8. The van der Waals surface area contributed by atoms with Crippen molar-refractivity contribution in [1.29, 1.82) is 0 Å². The molecule has 1 aliphatic heterocycles. The van der Waals surface area contributed by atoms with E-state index in [-0.39, 0.29) is 5.92 Å². The molecule has 1 nitrogen and oxygen atoms in total. The Bertz CT molecular complexity index is 733. The molecule has 3 rings (SSSR count). The van der Waals surface area contributed by atoms with Crippen molar-refractivity contribution in [3.63, 3.8) is 0 Å². The summed E-state index contributed by atoms with van der Waals surface area (Å²) in [6, 6.07) is 14.3. The van der Waals surface area contributed by atoms with Crippen molar-refractivity contribution in [3.05, 3.63) is 77.6 Å². The molecule has 0 N–H and O–H groups in total. The molecule has 0 saturated heterocycles. The highest BCUT2D eigenvalue weighted by Crippen LogP contribution is 2.54. The minimum Gasteiger partial charge on any atom is -0.314 e. The van der Waals surface area contributed by atoms with Crippen LogP contribution in [-0.2, 0) is 10.7 Å². The number of allylic oxidation sites excluding steroid dienone is 1. The molecule has 0 aliphatic carbocycles. The minimum atomic E-state index is -4.33. The molecular formula is C17H14F3OP. The Kier molecular flexibility index (Phi) is 3.73. The normalized spacial score (nSPS) is 24.6. The van der Waals surface area contributed by atoms with Crippen LogP contribution < -0.4 is 5.30 Å². The van der Waals surface area contributed by atoms with Crippen molar-refractivity contribution in [3.8, 4) is 0 Å². The number of rotatable bonds is 2. The molecule has 5 heteroatoms. The van der Waals surface area contributed by atoms with Gasteiger partial charge in [-0.25, -0.2) is 0 Å². The second kappa shape index (κ2) is 5.44. The Morgan fingerprint density at radius 3 is 2.18 bits per heavy atom. The monoisotopic (exact) mass is 322 g/mol. The van der Waals surface area contributed by atoms with E-state index in [1.54, 1.807) is 5.82 Å². The fourth-order valence-electron chi connectivity index (χ4n) is 2.66. The van der Waals surface area contributed by atoms with Crippen LogP contribution in [-0.4, -0.2) is 6.16 Å². The summed E-state index contributed by atoms with van der Waals surface area (Å²) in [7, 11) is -2.59. The zero-order valence-corrected chi connectivity index (χ0v) is 12.5. The Morgan fingerprint density at radius 2 is 1.59 bits per heavy atom. The lowest BCUT2D eigenvalue weighted by atomic mass is 10.00. The van der Waals surface area contributed by atoms with E-state index in [4.69, 9.17) is 0 Å². The second-order valence-electron chi connectivity index (χ2n) is 5.38. The SMILES string of the molecule is O=[P@]1(c2ccccc2)C=C[C@H](c2ccc(C(F)(F)F)cc2)C1. The van der Waals surface area contributed by atoms with Crippen LogP contribution in [0.2, 0.25) is 0 Å². The van der Waals surface area contributed by atoms with E-state index in [0.29, 0.717) is 6.16 Å². The molecule has 0 spiro atoms. The molecule has 2 aromatic carbocycles. The van der Waals surface area contributed by atoms with Crippen molar-refractivity contribution in [2.75, 3.05) is 6.16 Å². The predicted molar refractivity (Wildman–Crippen MR) is 81.9 cm³/mol. The average Bonchev–Trinajstić information content (AvgIpc) is 2.91. The van der Waals surface area contributed by atoms with Crippen molar-refractivity contribution in [2.24, 2.45) is 0 Å². The summed E-state index contributed by atoms with van der Waals surface area (Å²) in [6.07, 6.45) is -2.05. The van der Waals surface area contributed by atoms with E-state index < -0.39 is 18.9 Å². The van der Waals surface area contributed by atoms with Gasteiger partial charge in [0.1, 0.15) is 7.14 Å². The topological polar surface area (TPSA) is 17.1 Å². The number of benzene rings is 2. The quantitative estimate of drug-likeness (QED) is 0.711. The molecule has 2 atom stereocenters. The van der Waals surface area contributed by atoms with Gasteiger partial charge in [-0.3, -0.25) is 0 Å². The maximum absolute atomic E-state index is 13.0. The molecule has 0 radical (unpaired) electrons. The molecule has 0 fully saturated rings. The molecule has 0 amide bonds. The van der Waals surface area contributed by atoms with Crippen LogP contribution in [0.15, 0.2) is 66.5 Å². The lowest BCUT2D eigenvalue weighted by Gasteiger charge is -2.14. The van der Waals surface area contributed by atoms with Gasteiger partial charge < -0.3 is 4.57 Å². The lowest BCUT2D eigenvalue weighted by molar-refractivity contribution is -0.137. The summed E-state index contributed by atoms with van der Waals surface area (Å²) in [5.41, 5.74) is 0.0994. The van der Waals surface area contributed by atoms with Crippen molar-refractivity contribution in [2.45, 2.75) is 12.1 Å². The summed E-state index contributed by atoms with van der Waals surface area (Å²) in [4.78, 5) is 0. The largest absolute Gasteiger partial charge is 0.416 e. The average molecular weight is 322 g/mol. The predicted octanol–water partition coefficient (Wildman–Crippen LogP) is 5.00. The van der Waals surface area contributed by atoms with Gasteiger partial charge in [0.15, 0.2) is 0 Å². The van der Waals surface area contributed by atoms with E-state index in [2.05, 4.69) is 0 Å². The summed E-state index contributed by atoms with van der Waals surface area (Å²) in [6.45, 7) is 0. The molecule has 0 aromatic heterocycles. The zero-order valence-electron chi connectivity index (χ0n) is 11.6. The van der Waals surface area contributed by atoms with Gasteiger partial charge in [0, 0.05) is 17.4 Å². The number of alkyl halides is 3. The van der Waals surface area contributed by atoms with Crippen LogP contribution in [0.5, 0.6) is 0 Å². The Labute approximate surface area is 126 Å². The molecule has 1 aliphatic rings. The van der Waals surface area contributed by atoms with Gasteiger partial charge in [-0.05, 0) is 23.5 Å². The molecule has 114 valence electrons. The fraction of sp³-hybridized carbons (Fsp3) is 0.176. The molecule has 0 unspecified atom stereocenters. The van der Waals surface area contributed by atoms with Gasteiger partial charge in [-0.15, -0.1) is 0 Å². The molecule has 0 bridgehead atoms. The molecule has 1 heterocycles. The van der Waals surface area contributed by atoms with Gasteiger partial charge in [-0.1, -0.05) is 48.5 Å². The summed E-state index contributed by atoms with van der Waals surface area (Å²) in [5, 5.41) is 0.792. The summed E-state index contributed by atoms with van der Waals surface area (Å²) >= 11 is 0. The van der Waals surface area contributed by atoms with E-state index in [1.165, 1.54) is 12.1 Å². The molecule has 0 saturated carbocycles. The first-order valence-corrected chi connectivity index (χ1v) is 8.85. The van der Waals surface area contributed by atoms with Crippen molar-refractivity contribution in [1.82, 2.24) is 0 Å². The van der Waals surface area contributed by atoms with Crippen LogP contribution in [0.25, 0.3) is 0 Å². The second-order valence-corrected chi connectivity index (χ2v) is 8.15. The maximum Gasteiger partial charge on any atom is 0.416 e. The van der Waals surface area contributed by atoms with E-state index >= 15 is 0 Å². The Hall–Kier alpha value is -1.80. The maximum atomic E-state index is 13.0. The summed E-state index contributed by atoms with van der Waals surface area (Å²) in [5.74, 6) is 1.62. The van der Waals surface area contributed by atoms with Crippen LogP contribution in [0.1, 0.15) is 17.0 Å². The van der Waals surface area contributed by atoms with Crippen LogP contribution in [0, 0.1) is 0 Å². The third kappa shape index (κ3) is 2.89. The van der Waals surface area contributed by atoms with Crippen LogP contribution >= 0.6 is 7.14 Å². The number of halogens is 3. The molecule has 2 aromatic rings. The van der Waals surface area contributed by atoms with Crippen molar-refractivity contribution < 1.29 is 17.7 Å². The molecule has 22 heavy (non-hydrogen) atoms. The Balaban J connectivity index is 1.82. The first kappa shape index (κ1) is 15.1. The first-order valence-electron chi connectivity index (χ1n) is 6.89. The highest BCUT2D eigenvalue weighted by Gasteiger charge is 2.33. The Morgan fingerprint density at radius 1 is 0.955 bits per heavy atom. The highest BCUT2D eigenvalue weighted by atomic mass is 31.2. The first-order chi connectivity index (χ1) is 10.4. The molecular weight excluding hydrogens is 308 g/mol. The smallest absolute Gasteiger partial charge is 0.314 e. The summed E-state index contributed by atoms with van der Waals surface area (Å²) < 4.78 is 50.7. The highest BCUT2D eigenvalue weighted by molar-refractivity contribution is 7.74. The van der Waals surface area contributed by atoms with Gasteiger partial charge in [-0.2, -0.15) is 13.2 Å². The van der Waals surface area contributed by atoms with Gasteiger partial charge in [0.2, 0.25) is 0 Å². The van der Waals surface area contributed by atoms with Crippen LogP contribution in [0.4, 0.5) is 13.2 Å². The van der Waals surface area contributed by atoms with E-state index in [1.807, 2.05) is 36.4 Å². The lowest BCUT2D eigenvalue weighted by Crippen LogP contribution is -2.07. The van der Waals surface area contributed by atoms with Crippen LogP contribution in [0.3, 0.4) is 0 Å². The third-order valence-corrected chi connectivity index (χ3v) is 6.65. The van der Waals surface area contributed by atoms with E-state index in [0.717, 1.165) is 23.0 Å². The van der Waals surface area contributed by atoms with Gasteiger partial charge in [0.05, 0.1) is 5.56 Å². The number of hydrogen-bond acceptors (Lipinski definition) is 1. The minimum absolute atomic E-state index is 0.103. The third-order valence-electron chi connectivity index (χ3n) is 3.89. The van der Waals surface area contributed by atoms with Gasteiger partial charge in [0.25, 0.3) is 0 Å². The van der Waals surface area contributed by atoms with Gasteiger partial charge >= 0.3 is 6.18 Å². The van der Waals surface area contributed by atoms with Crippen molar-refractivity contribution >= 4 is 12.4 Å².